The van der Waals surface area contributed by atoms with E-state index in [-0.39, 0.29) is 5.75 Å². The van der Waals surface area contributed by atoms with Crippen LogP contribution in [-0.4, -0.2) is 23.3 Å². The number of carboxylic acids is 1. The molecule has 0 aromatic heterocycles. The highest BCUT2D eigenvalue weighted by Crippen LogP contribution is 2.22. The molecule has 0 heterocycles. The number of phenolic OH excluding ortho intramolecular Hbond substituents is 1. The van der Waals surface area contributed by atoms with Gasteiger partial charge in [-0.15, -0.1) is 0 Å². The van der Waals surface area contributed by atoms with Crippen LogP contribution >= 0.6 is 0 Å². The van der Waals surface area contributed by atoms with Gasteiger partial charge in [0.15, 0.2) is 11.5 Å². The largest absolute Gasteiger partial charge is 0.504 e. The maximum atomic E-state index is 10.1. The molecule has 0 saturated heterocycles. The molecule has 0 unspecified atom stereocenters. The van der Waals surface area contributed by atoms with Crippen molar-refractivity contribution >= 4 is 12.0 Å². The van der Waals surface area contributed by atoms with E-state index >= 15 is 0 Å². The Balaban J connectivity index is 0.000000204. The lowest BCUT2D eigenvalue weighted by molar-refractivity contribution is -0.131. The number of methoxy groups -OCH3 is 1. The standard InChI is InChI=1S/C9H8O2.C7H8O2/c10-9(11)7-6-8-4-2-1-3-5-8;1-9-7-5-3-2-4-6(7)8/h1-7H,(H,10,11);2-5,8H,1H3. The molecule has 104 valence electrons. The normalized spacial score (nSPS) is 9.65. The summed E-state index contributed by atoms with van der Waals surface area (Å²) < 4.78 is 4.79. The van der Waals surface area contributed by atoms with E-state index in [1.807, 2.05) is 30.3 Å². The number of aliphatic carboxylic acids is 1. The van der Waals surface area contributed by atoms with Gasteiger partial charge in [-0.1, -0.05) is 42.5 Å². The molecule has 0 aliphatic carbocycles. The third-order valence-electron chi connectivity index (χ3n) is 2.30. The van der Waals surface area contributed by atoms with Crippen LogP contribution in [-0.2, 0) is 4.79 Å². The Hall–Kier alpha value is -2.75. The van der Waals surface area contributed by atoms with E-state index in [1.54, 1.807) is 30.3 Å². The maximum Gasteiger partial charge on any atom is 0.328 e. The summed E-state index contributed by atoms with van der Waals surface area (Å²) in [4.78, 5) is 10.1. The minimum absolute atomic E-state index is 0.181. The Morgan fingerprint density at radius 2 is 1.65 bits per heavy atom. The quantitative estimate of drug-likeness (QED) is 0.842. The average Bonchev–Trinajstić information content (AvgIpc) is 2.47. The second-order valence-electron chi connectivity index (χ2n) is 3.75. The molecule has 0 atom stereocenters. The number of benzene rings is 2. The van der Waals surface area contributed by atoms with Crippen molar-refractivity contribution in [3.05, 3.63) is 66.2 Å². The summed E-state index contributed by atoms with van der Waals surface area (Å²) >= 11 is 0. The zero-order valence-electron chi connectivity index (χ0n) is 11.1. The third kappa shape index (κ3) is 5.73. The summed E-state index contributed by atoms with van der Waals surface area (Å²) in [7, 11) is 1.52. The zero-order chi connectivity index (χ0) is 14.8. The molecular formula is C16H16O4. The van der Waals surface area contributed by atoms with Gasteiger partial charge in [-0.25, -0.2) is 4.79 Å². The zero-order valence-corrected chi connectivity index (χ0v) is 11.1. The van der Waals surface area contributed by atoms with Crippen LogP contribution < -0.4 is 4.74 Å². The number of hydrogen-bond donors (Lipinski definition) is 2. The SMILES string of the molecule is COc1ccccc1O.O=C(O)C=Cc1ccccc1. The van der Waals surface area contributed by atoms with Gasteiger partial charge in [0.05, 0.1) is 7.11 Å². The number of para-hydroxylation sites is 2. The number of carboxylic acid groups (broad SMARTS) is 1. The molecule has 2 aromatic carbocycles. The third-order valence-corrected chi connectivity index (χ3v) is 2.30. The van der Waals surface area contributed by atoms with Crippen molar-refractivity contribution in [3.63, 3.8) is 0 Å². The van der Waals surface area contributed by atoms with E-state index in [4.69, 9.17) is 14.9 Å². The van der Waals surface area contributed by atoms with E-state index in [9.17, 15) is 4.79 Å². The predicted octanol–water partition coefficient (Wildman–Crippen LogP) is 3.19. The number of phenols is 1. The van der Waals surface area contributed by atoms with Crippen molar-refractivity contribution in [2.24, 2.45) is 0 Å². The number of aromatic hydroxyl groups is 1. The molecular weight excluding hydrogens is 256 g/mol. The van der Waals surface area contributed by atoms with Gasteiger partial charge in [-0.05, 0) is 23.8 Å². The minimum atomic E-state index is -0.922. The molecule has 0 fully saturated rings. The number of ether oxygens (including phenoxy) is 1. The highest BCUT2D eigenvalue weighted by Gasteiger charge is 1.94. The lowest BCUT2D eigenvalue weighted by Crippen LogP contribution is -1.85. The van der Waals surface area contributed by atoms with E-state index in [0.29, 0.717) is 5.75 Å². The van der Waals surface area contributed by atoms with E-state index in [1.165, 1.54) is 7.11 Å². The Bertz CT molecular complexity index is 562. The molecule has 2 rings (SSSR count). The Morgan fingerprint density at radius 3 is 2.15 bits per heavy atom. The Kier molecular flexibility index (Phi) is 6.41. The van der Waals surface area contributed by atoms with E-state index < -0.39 is 5.97 Å². The summed E-state index contributed by atoms with van der Waals surface area (Å²) in [5.74, 6) is -0.230. The molecule has 0 aliphatic rings. The summed E-state index contributed by atoms with van der Waals surface area (Å²) in [6.07, 6.45) is 2.68. The van der Waals surface area contributed by atoms with Gasteiger partial charge in [-0.2, -0.15) is 0 Å². The molecule has 2 N–H and O–H groups in total. The first-order valence-electron chi connectivity index (χ1n) is 5.91. The fourth-order valence-corrected chi connectivity index (χ4v) is 1.36. The van der Waals surface area contributed by atoms with Crippen LogP contribution in [0.15, 0.2) is 60.7 Å². The molecule has 4 nitrogen and oxygen atoms in total. The smallest absolute Gasteiger partial charge is 0.328 e. The lowest BCUT2D eigenvalue weighted by Gasteiger charge is -1.99. The number of rotatable bonds is 3. The molecule has 0 radical (unpaired) electrons. The Morgan fingerprint density at radius 1 is 1.05 bits per heavy atom. The minimum Gasteiger partial charge on any atom is -0.504 e. The Labute approximate surface area is 117 Å². The van der Waals surface area contributed by atoms with Crippen LogP contribution in [0.4, 0.5) is 0 Å². The highest BCUT2D eigenvalue weighted by atomic mass is 16.5. The van der Waals surface area contributed by atoms with Crippen LogP contribution in [0.1, 0.15) is 5.56 Å². The fraction of sp³-hybridized carbons (Fsp3) is 0.0625. The average molecular weight is 272 g/mol. The predicted molar refractivity (Wildman–Crippen MR) is 77.8 cm³/mol. The molecule has 0 amide bonds. The van der Waals surface area contributed by atoms with Gasteiger partial charge in [0.1, 0.15) is 0 Å². The van der Waals surface area contributed by atoms with Crippen LogP contribution in [0.2, 0.25) is 0 Å². The van der Waals surface area contributed by atoms with Gasteiger partial charge < -0.3 is 14.9 Å². The summed E-state index contributed by atoms with van der Waals surface area (Å²) in [6.45, 7) is 0. The van der Waals surface area contributed by atoms with Gasteiger partial charge in [0, 0.05) is 6.08 Å². The first-order chi connectivity index (χ1) is 9.63. The first kappa shape index (κ1) is 15.3. The summed E-state index contributed by atoms with van der Waals surface area (Å²) in [6, 6.07) is 16.1. The van der Waals surface area contributed by atoms with Crippen LogP contribution in [0.5, 0.6) is 11.5 Å². The molecule has 20 heavy (non-hydrogen) atoms. The van der Waals surface area contributed by atoms with Crippen molar-refractivity contribution < 1.29 is 19.7 Å². The topological polar surface area (TPSA) is 66.8 Å². The van der Waals surface area contributed by atoms with Crippen LogP contribution in [0, 0.1) is 0 Å². The van der Waals surface area contributed by atoms with Gasteiger partial charge in [0.25, 0.3) is 0 Å². The van der Waals surface area contributed by atoms with E-state index in [2.05, 4.69) is 0 Å². The van der Waals surface area contributed by atoms with Gasteiger partial charge in [-0.3, -0.25) is 0 Å². The second-order valence-corrected chi connectivity index (χ2v) is 3.75. The highest BCUT2D eigenvalue weighted by molar-refractivity contribution is 5.85. The van der Waals surface area contributed by atoms with Crippen molar-refractivity contribution in [2.75, 3.05) is 7.11 Å². The lowest BCUT2D eigenvalue weighted by atomic mass is 10.2. The van der Waals surface area contributed by atoms with Crippen molar-refractivity contribution in [3.8, 4) is 11.5 Å². The summed E-state index contributed by atoms with van der Waals surface area (Å²) in [5, 5.41) is 17.3. The maximum absolute atomic E-state index is 10.1. The molecule has 2 aromatic rings. The number of hydrogen-bond acceptors (Lipinski definition) is 3. The van der Waals surface area contributed by atoms with Gasteiger partial charge >= 0.3 is 5.97 Å². The van der Waals surface area contributed by atoms with Crippen LogP contribution in [0.3, 0.4) is 0 Å². The van der Waals surface area contributed by atoms with Crippen molar-refractivity contribution in [1.29, 1.82) is 0 Å². The summed E-state index contributed by atoms with van der Waals surface area (Å²) in [5.41, 5.74) is 0.898. The first-order valence-corrected chi connectivity index (χ1v) is 5.91. The van der Waals surface area contributed by atoms with E-state index in [0.717, 1.165) is 11.6 Å². The van der Waals surface area contributed by atoms with Crippen molar-refractivity contribution in [1.82, 2.24) is 0 Å². The van der Waals surface area contributed by atoms with Gasteiger partial charge in [0.2, 0.25) is 0 Å². The molecule has 0 aliphatic heterocycles. The molecule has 0 saturated carbocycles. The molecule has 0 bridgehead atoms. The second kappa shape index (κ2) is 8.37. The monoisotopic (exact) mass is 272 g/mol. The molecule has 0 spiro atoms. The molecule has 4 heteroatoms. The fourth-order valence-electron chi connectivity index (χ4n) is 1.36. The van der Waals surface area contributed by atoms with Crippen molar-refractivity contribution in [2.45, 2.75) is 0 Å². The van der Waals surface area contributed by atoms with Crippen LogP contribution in [0.25, 0.3) is 6.08 Å². The number of carbonyl (C=O) groups is 1.